The first kappa shape index (κ1) is 14.0. The Hall–Kier alpha value is -0.920. The predicted octanol–water partition coefficient (Wildman–Crippen LogP) is 4.78. The van der Waals surface area contributed by atoms with E-state index in [-0.39, 0.29) is 5.56 Å². The molecule has 3 rings (SSSR count). The Kier molecular flexibility index (Phi) is 3.83. The SMILES string of the molecule is FC(F)(F)c1cscc1-c1nc(C2CCOCC2)cs1. The average molecular weight is 319 g/mol. The summed E-state index contributed by atoms with van der Waals surface area (Å²) in [6.07, 6.45) is -2.54. The second kappa shape index (κ2) is 5.46. The van der Waals surface area contributed by atoms with E-state index < -0.39 is 11.7 Å². The molecule has 0 radical (unpaired) electrons. The predicted molar refractivity (Wildman–Crippen MR) is 73.2 cm³/mol. The highest BCUT2D eigenvalue weighted by Gasteiger charge is 2.35. The summed E-state index contributed by atoms with van der Waals surface area (Å²) in [4.78, 5) is 4.42. The Labute approximate surface area is 122 Å². The Balaban J connectivity index is 1.88. The number of alkyl halides is 3. The Morgan fingerprint density at radius 3 is 2.60 bits per heavy atom. The molecule has 1 fully saturated rings. The third-order valence-electron chi connectivity index (χ3n) is 3.36. The van der Waals surface area contributed by atoms with Crippen molar-refractivity contribution >= 4 is 22.7 Å². The number of nitrogens with zero attached hydrogens (tertiary/aromatic N) is 1. The van der Waals surface area contributed by atoms with Gasteiger partial charge in [0.15, 0.2) is 0 Å². The molecule has 0 saturated carbocycles. The lowest BCUT2D eigenvalue weighted by Crippen LogP contribution is -2.14. The molecule has 2 nitrogen and oxygen atoms in total. The minimum atomic E-state index is -4.32. The smallest absolute Gasteiger partial charge is 0.381 e. The quantitative estimate of drug-likeness (QED) is 0.794. The van der Waals surface area contributed by atoms with E-state index in [0.29, 0.717) is 24.1 Å². The third kappa shape index (κ3) is 2.75. The highest BCUT2D eigenvalue weighted by Crippen LogP contribution is 2.41. The molecular formula is C13H12F3NOS2. The monoisotopic (exact) mass is 319 g/mol. The lowest BCUT2D eigenvalue weighted by molar-refractivity contribution is -0.136. The van der Waals surface area contributed by atoms with Crippen LogP contribution in [-0.2, 0) is 10.9 Å². The molecule has 1 aliphatic heterocycles. The maximum Gasteiger partial charge on any atom is 0.417 e. The number of hydrogen-bond donors (Lipinski definition) is 0. The van der Waals surface area contributed by atoms with Gasteiger partial charge in [-0.1, -0.05) is 0 Å². The van der Waals surface area contributed by atoms with Crippen LogP contribution in [0.25, 0.3) is 10.6 Å². The lowest BCUT2D eigenvalue weighted by atomic mass is 9.97. The topological polar surface area (TPSA) is 22.1 Å². The molecule has 2 aromatic rings. The van der Waals surface area contributed by atoms with Crippen molar-refractivity contribution in [1.82, 2.24) is 4.98 Å². The molecule has 20 heavy (non-hydrogen) atoms. The Morgan fingerprint density at radius 2 is 1.90 bits per heavy atom. The lowest BCUT2D eigenvalue weighted by Gasteiger charge is -2.19. The minimum Gasteiger partial charge on any atom is -0.381 e. The van der Waals surface area contributed by atoms with Crippen molar-refractivity contribution in [2.24, 2.45) is 0 Å². The molecule has 1 saturated heterocycles. The van der Waals surface area contributed by atoms with Crippen LogP contribution in [0.3, 0.4) is 0 Å². The van der Waals surface area contributed by atoms with E-state index in [0.717, 1.165) is 35.3 Å². The van der Waals surface area contributed by atoms with Crippen LogP contribution in [0.4, 0.5) is 13.2 Å². The van der Waals surface area contributed by atoms with E-state index in [1.165, 1.54) is 16.7 Å². The van der Waals surface area contributed by atoms with Crippen molar-refractivity contribution in [3.8, 4) is 10.6 Å². The van der Waals surface area contributed by atoms with E-state index in [1.54, 1.807) is 0 Å². The van der Waals surface area contributed by atoms with Gasteiger partial charge in [-0.25, -0.2) is 4.98 Å². The number of aromatic nitrogens is 1. The number of ether oxygens (including phenoxy) is 1. The van der Waals surface area contributed by atoms with Gasteiger partial charge in [-0.2, -0.15) is 24.5 Å². The molecule has 0 atom stereocenters. The third-order valence-corrected chi connectivity index (χ3v) is 5.00. The first-order valence-electron chi connectivity index (χ1n) is 6.22. The van der Waals surface area contributed by atoms with Crippen LogP contribution in [0.15, 0.2) is 16.1 Å². The Morgan fingerprint density at radius 1 is 1.15 bits per heavy atom. The van der Waals surface area contributed by atoms with Crippen molar-refractivity contribution in [2.45, 2.75) is 24.9 Å². The summed E-state index contributed by atoms with van der Waals surface area (Å²) in [7, 11) is 0. The molecule has 0 spiro atoms. The summed E-state index contributed by atoms with van der Waals surface area (Å²) < 4.78 is 44.0. The standard InChI is InChI=1S/C13H12F3NOS2/c14-13(15,16)10-6-19-5-9(10)12-17-11(7-20-12)8-1-3-18-4-2-8/h5-8H,1-4H2. The van der Waals surface area contributed by atoms with Gasteiger partial charge in [0.1, 0.15) is 5.01 Å². The molecule has 108 valence electrons. The van der Waals surface area contributed by atoms with Crippen molar-refractivity contribution in [2.75, 3.05) is 13.2 Å². The van der Waals surface area contributed by atoms with Crippen LogP contribution in [0.5, 0.6) is 0 Å². The normalized spacial score (nSPS) is 17.6. The summed E-state index contributed by atoms with van der Waals surface area (Å²) in [6.45, 7) is 1.40. The maximum atomic E-state index is 12.9. The van der Waals surface area contributed by atoms with Crippen molar-refractivity contribution in [3.05, 3.63) is 27.4 Å². The van der Waals surface area contributed by atoms with Crippen LogP contribution in [0.1, 0.15) is 30.0 Å². The van der Waals surface area contributed by atoms with Crippen LogP contribution in [0, 0.1) is 0 Å². The zero-order valence-electron chi connectivity index (χ0n) is 10.4. The molecule has 0 amide bonds. The number of rotatable bonds is 2. The maximum absolute atomic E-state index is 12.9. The number of hydrogen-bond acceptors (Lipinski definition) is 4. The summed E-state index contributed by atoms with van der Waals surface area (Å²) in [5.74, 6) is 0.307. The van der Waals surface area contributed by atoms with Gasteiger partial charge in [-0.05, 0) is 12.8 Å². The molecule has 0 aromatic carbocycles. The average Bonchev–Trinajstić information content (AvgIpc) is 3.08. The minimum absolute atomic E-state index is 0.200. The van der Waals surface area contributed by atoms with Gasteiger partial charge in [0.2, 0.25) is 0 Å². The van der Waals surface area contributed by atoms with Crippen LogP contribution in [0.2, 0.25) is 0 Å². The second-order valence-corrected chi connectivity index (χ2v) is 6.26. The highest BCUT2D eigenvalue weighted by atomic mass is 32.1. The molecule has 0 aliphatic carbocycles. The largest absolute Gasteiger partial charge is 0.417 e. The van der Waals surface area contributed by atoms with E-state index in [4.69, 9.17) is 4.74 Å². The Bertz CT molecular complexity index is 584. The number of halogens is 3. The zero-order valence-corrected chi connectivity index (χ0v) is 12.1. The fraction of sp³-hybridized carbons (Fsp3) is 0.462. The second-order valence-electron chi connectivity index (χ2n) is 4.66. The van der Waals surface area contributed by atoms with E-state index in [2.05, 4.69) is 4.98 Å². The van der Waals surface area contributed by atoms with Crippen molar-refractivity contribution < 1.29 is 17.9 Å². The van der Waals surface area contributed by atoms with Gasteiger partial charge < -0.3 is 4.74 Å². The molecule has 0 bridgehead atoms. The summed E-state index contributed by atoms with van der Waals surface area (Å²) >= 11 is 2.35. The molecule has 3 heterocycles. The van der Waals surface area contributed by atoms with Gasteiger partial charge >= 0.3 is 6.18 Å². The van der Waals surface area contributed by atoms with Gasteiger partial charge in [0, 0.05) is 40.8 Å². The molecule has 1 aliphatic rings. The molecule has 0 unspecified atom stereocenters. The fourth-order valence-corrected chi connectivity index (χ4v) is 4.12. The van der Waals surface area contributed by atoms with E-state index >= 15 is 0 Å². The molecule has 0 N–H and O–H groups in total. The zero-order chi connectivity index (χ0) is 14.2. The van der Waals surface area contributed by atoms with E-state index in [1.807, 2.05) is 5.38 Å². The molecular weight excluding hydrogens is 307 g/mol. The summed E-state index contributed by atoms with van der Waals surface area (Å²) in [6, 6.07) is 0. The van der Waals surface area contributed by atoms with Gasteiger partial charge in [0.25, 0.3) is 0 Å². The fourth-order valence-electron chi connectivity index (χ4n) is 2.27. The first-order chi connectivity index (χ1) is 9.55. The van der Waals surface area contributed by atoms with Gasteiger partial charge in [-0.3, -0.25) is 0 Å². The van der Waals surface area contributed by atoms with E-state index in [9.17, 15) is 13.2 Å². The van der Waals surface area contributed by atoms with Gasteiger partial charge in [0.05, 0.1) is 11.3 Å². The van der Waals surface area contributed by atoms with Crippen LogP contribution in [-0.4, -0.2) is 18.2 Å². The highest BCUT2D eigenvalue weighted by molar-refractivity contribution is 7.14. The number of thiophene rings is 1. The number of thiazole rings is 1. The van der Waals surface area contributed by atoms with Crippen LogP contribution >= 0.6 is 22.7 Å². The first-order valence-corrected chi connectivity index (χ1v) is 8.05. The molecule has 2 aromatic heterocycles. The summed E-state index contributed by atoms with van der Waals surface area (Å²) in [5.41, 5.74) is 0.508. The summed E-state index contributed by atoms with van der Waals surface area (Å²) in [5, 5.41) is 5.00. The van der Waals surface area contributed by atoms with Gasteiger partial charge in [-0.15, -0.1) is 11.3 Å². The molecule has 7 heteroatoms. The van der Waals surface area contributed by atoms with Crippen molar-refractivity contribution in [3.63, 3.8) is 0 Å². The van der Waals surface area contributed by atoms with Crippen LogP contribution < -0.4 is 0 Å². The van der Waals surface area contributed by atoms with Crippen molar-refractivity contribution in [1.29, 1.82) is 0 Å².